The van der Waals surface area contributed by atoms with Gasteiger partial charge in [0.15, 0.2) is 6.10 Å². The molecule has 0 spiro atoms. The predicted octanol–water partition coefficient (Wildman–Crippen LogP) is 12.4. The monoisotopic (exact) mass is 1010 g/mol. The number of hydrogen-bond donors (Lipinski definition) is 3. The van der Waals surface area contributed by atoms with Gasteiger partial charge < -0.3 is 29.3 Å². The molecule has 0 radical (unpaired) electrons. The number of nitrogens with one attached hydrogen (secondary N) is 1. The molecule has 8 bridgehead atoms. The zero-order valence-electron chi connectivity index (χ0n) is 44.8. The molecule has 1 aliphatic carbocycles. The van der Waals surface area contributed by atoms with Crippen LogP contribution in [0.2, 0.25) is 0 Å². The highest BCUT2D eigenvalue weighted by Crippen LogP contribution is 2.47. The van der Waals surface area contributed by atoms with Gasteiger partial charge in [-0.15, -0.1) is 0 Å². The number of rotatable bonds is 29. The summed E-state index contributed by atoms with van der Waals surface area (Å²) in [6, 6.07) is 0. The van der Waals surface area contributed by atoms with E-state index < -0.39 is 32.5 Å². The maximum absolute atomic E-state index is 13.9. The third-order valence-corrected chi connectivity index (χ3v) is 15.6. The van der Waals surface area contributed by atoms with Gasteiger partial charge in [-0.05, 0) is 80.6 Å². The van der Waals surface area contributed by atoms with Crippen molar-refractivity contribution in [2.45, 2.75) is 163 Å². The van der Waals surface area contributed by atoms with E-state index in [4.69, 9.17) is 33.5 Å². The van der Waals surface area contributed by atoms with Crippen LogP contribution in [0.3, 0.4) is 0 Å². The molecule has 6 aliphatic rings. The van der Waals surface area contributed by atoms with Crippen molar-refractivity contribution >= 4 is 36.9 Å². The summed E-state index contributed by atoms with van der Waals surface area (Å²) in [6.45, 7) is 16.3. The number of fused-ring (bicyclic) bond motifs is 5. The number of quaternary nitrogens is 1. The summed E-state index contributed by atoms with van der Waals surface area (Å²) in [7, 11) is 1.27. The molecule has 1 saturated heterocycles. The van der Waals surface area contributed by atoms with Crippen LogP contribution >= 0.6 is 7.82 Å². The van der Waals surface area contributed by atoms with E-state index in [9.17, 15) is 24.2 Å². The predicted molar refractivity (Wildman–Crippen MR) is 287 cm³/mol. The quantitative estimate of drug-likeness (QED) is 0.0283. The first-order valence-electron chi connectivity index (χ1n) is 26.7. The topological polar surface area (TPSA) is 178 Å². The van der Waals surface area contributed by atoms with Gasteiger partial charge >= 0.3 is 19.8 Å². The molecule has 0 aromatic carbocycles. The van der Waals surface area contributed by atoms with Gasteiger partial charge in [0.25, 0.3) is 0 Å². The Morgan fingerprint density at radius 1 is 0.833 bits per heavy atom. The number of esters is 2. The number of carbonyl (C=O) groups is 2. The van der Waals surface area contributed by atoms with Gasteiger partial charge in [-0.25, -0.2) is 19.5 Å². The smallest absolute Gasteiger partial charge is 0.472 e. The number of phosphoric acid groups is 1. The number of nitrogens with zero attached hydrogens (tertiary/aromatic N) is 4. The number of unbranched alkanes of at least 4 members (excludes halogenated alkanes) is 12. The first-order chi connectivity index (χ1) is 34.3. The second kappa shape index (κ2) is 26.0. The standard InChI is InChI=1S/C57H82N5O9P/c1-11-14-15-16-17-18-19-20-21-22-23-24-25-26-53(64)68-35-41(36-70-72(66,67)69-30-29-62(8,9)10)71-54(65)28-27-44-39(6)48-32-46-37(4)42(12-2)50(58-46)33-47-38(5)43(13-3)51(59-47)34-49-40(7)55-52(63)31-45(56(44)60-48)57(55)61-49/h12,32-34,39,41,44H,2,11,13-31,35-36H2,1,3-10H3,(H2-,58,59,60,61,63,66,67)/p+1. The molecule has 1 fully saturated rings. The second-order valence-corrected chi connectivity index (χ2v) is 22.6. The van der Waals surface area contributed by atoms with Gasteiger partial charge in [0.1, 0.15) is 25.5 Å². The summed E-state index contributed by atoms with van der Waals surface area (Å²) in [6.07, 6.45) is 23.8. The Kier molecular flexibility index (Phi) is 20.4. The Hall–Kier alpha value is -4.72. The lowest BCUT2D eigenvalue weighted by molar-refractivity contribution is -0.870. The number of carbonyl (C=O) groups excluding carboxylic acids is 2. The average Bonchev–Trinajstić information content (AvgIpc) is 4.09. The van der Waals surface area contributed by atoms with E-state index in [2.05, 4.69) is 45.7 Å². The minimum Gasteiger partial charge on any atom is -0.511 e. The van der Waals surface area contributed by atoms with Crippen LogP contribution in [0.25, 0.3) is 0 Å². The molecule has 0 amide bonds. The normalized spacial score (nSPS) is 20.9. The van der Waals surface area contributed by atoms with Crippen molar-refractivity contribution in [3.05, 3.63) is 104 Å². The number of allylic oxidation sites excluding steroid dienone is 12. The molecule has 4 unspecified atom stereocenters. The van der Waals surface area contributed by atoms with Crippen LogP contribution in [0.5, 0.6) is 0 Å². The van der Waals surface area contributed by atoms with Crippen LogP contribution in [-0.4, -0.2) is 97.2 Å². The maximum Gasteiger partial charge on any atom is 0.472 e. The molecule has 0 aromatic heterocycles. The van der Waals surface area contributed by atoms with Crippen molar-refractivity contribution in [3.63, 3.8) is 0 Å². The van der Waals surface area contributed by atoms with Crippen LogP contribution in [0.4, 0.5) is 0 Å². The summed E-state index contributed by atoms with van der Waals surface area (Å²) in [5.41, 5.74) is 13.0. The summed E-state index contributed by atoms with van der Waals surface area (Å²) in [5.74, 6) is -1.13. The van der Waals surface area contributed by atoms with E-state index in [1.54, 1.807) is 0 Å². The van der Waals surface area contributed by atoms with Gasteiger partial charge in [-0.1, -0.05) is 110 Å². The lowest BCUT2D eigenvalue weighted by Gasteiger charge is -2.24. The van der Waals surface area contributed by atoms with Crippen molar-refractivity contribution in [3.8, 4) is 0 Å². The highest BCUT2D eigenvalue weighted by molar-refractivity contribution is 7.47. The second-order valence-electron chi connectivity index (χ2n) is 21.2. The van der Waals surface area contributed by atoms with Crippen molar-refractivity contribution in [2.75, 3.05) is 47.5 Å². The van der Waals surface area contributed by atoms with Crippen molar-refractivity contribution in [1.29, 1.82) is 0 Å². The lowest BCUT2D eigenvalue weighted by atomic mass is 9.86. The van der Waals surface area contributed by atoms with Gasteiger partial charge in [-0.2, -0.15) is 0 Å². The molecule has 72 heavy (non-hydrogen) atoms. The highest BCUT2D eigenvalue weighted by atomic mass is 31.2. The third kappa shape index (κ3) is 15.0. The van der Waals surface area contributed by atoms with Crippen molar-refractivity contribution in [2.24, 2.45) is 26.8 Å². The van der Waals surface area contributed by atoms with E-state index in [-0.39, 0.29) is 50.1 Å². The van der Waals surface area contributed by atoms with Gasteiger partial charge in [0.2, 0.25) is 0 Å². The van der Waals surface area contributed by atoms with E-state index in [1.807, 2.05) is 53.2 Å². The molecule has 14 nitrogen and oxygen atoms in total. The molecule has 5 aliphatic heterocycles. The van der Waals surface area contributed by atoms with Crippen LogP contribution in [0, 0.1) is 11.8 Å². The lowest BCUT2D eigenvalue weighted by Crippen LogP contribution is -2.37. The number of aliphatic hydroxyl groups excluding tert-OH is 1. The Bertz CT molecular complexity index is 2490. The fraction of sp³-hybridized carbons (Fsp3) is 0.596. The largest absolute Gasteiger partial charge is 0.511 e. The highest BCUT2D eigenvalue weighted by Gasteiger charge is 2.41. The van der Waals surface area contributed by atoms with Gasteiger partial charge in [0, 0.05) is 59.2 Å². The summed E-state index contributed by atoms with van der Waals surface area (Å²) >= 11 is 0. The number of aliphatic imine (C=N–C) groups is 3. The number of aliphatic hydroxyl groups is 1. The summed E-state index contributed by atoms with van der Waals surface area (Å²) in [4.78, 5) is 52.8. The molecule has 0 saturated carbocycles. The molecule has 5 heterocycles. The number of likely N-dealkylation sites (N-methyl/N-ethyl adjacent to an activating group) is 1. The minimum absolute atomic E-state index is 0.0315. The Morgan fingerprint density at radius 3 is 2.11 bits per heavy atom. The van der Waals surface area contributed by atoms with E-state index in [0.717, 1.165) is 99.0 Å². The zero-order chi connectivity index (χ0) is 52.2. The van der Waals surface area contributed by atoms with Crippen LogP contribution in [0.15, 0.2) is 119 Å². The zero-order valence-corrected chi connectivity index (χ0v) is 45.7. The first-order valence-corrected chi connectivity index (χ1v) is 28.2. The van der Waals surface area contributed by atoms with E-state index in [0.29, 0.717) is 35.2 Å². The van der Waals surface area contributed by atoms with Crippen LogP contribution < -0.4 is 5.32 Å². The summed E-state index contributed by atoms with van der Waals surface area (Å²) < 4.78 is 35.5. The molecular formula is C57H83N5O9P+. The molecule has 3 N–H and O–H groups in total. The number of hydrogen-bond acceptors (Lipinski definition) is 12. The molecule has 6 rings (SSSR count). The van der Waals surface area contributed by atoms with Gasteiger partial charge in [0.05, 0.1) is 62.0 Å². The minimum atomic E-state index is -4.54. The Labute approximate surface area is 429 Å². The van der Waals surface area contributed by atoms with Gasteiger partial charge in [-0.3, -0.25) is 18.6 Å². The molecular weight excluding hydrogens is 930 g/mol. The van der Waals surface area contributed by atoms with E-state index in [1.165, 1.54) is 57.8 Å². The maximum atomic E-state index is 13.9. The molecule has 15 heteroatoms. The number of phosphoric ester groups is 1. The van der Waals surface area contributed by atoms with E-state index >= 15 is 0 Å². The molecule has 394 valence electrons. The average molecular weight is 1010 g/mol. The fourth-order valence-corrected chi connectivity index (χ4v) is 10.9. The third-order valence-electron chi connectivity index (χ3n) is 14.6. The SMILES string of the molecule is C=CC1=C(C)C2=NC1=CC1=NC(=CC3=C(C)C4=C(O)CC(=C5NC(=C2)C(C)C5CCC(=O)OC(COC(=O)CCCCCCCCCCCCCCC)COP(=O)(O)OCC[N+](C)(C)C)C4=N3)C(CC)=C1C. The Balaban J connectivity index is 1.15. The van der Waals surface area contributed by atoms with Crippen molar-refractivity contribution < 1.29 is 47.2 Å². The van der Waals surface area contributed by atoms with Crippen LogP contribution in [-0.2, 0) is 32.7 Å². The molecule has 4 atom stereocenters. The van der Waals surface area contributed by atoms with Crippen LogP contribution in [0.1, 0.15) is 157 Å². The molecule has 0 aromatic rings. The number of ether oxygens (including phenoxy) is 2. The first kappa shape index (κ1) is 56.6. The summed E-state index contributed by atoms with van der Waals surface area (Å²) in [5, 5.41) is 15.3. The Morgan fingerprint density at radius 2 is 1.47 bits per heavy atom. The van der Waals surface area contributed by atoms with Crippen molar-refractivity contribution in [1.82, 2.24) is 5.32 Å². The fourth-order valence-electron chi connectivity index (χ4n) is 10.2.